The normalized spacial score (nSPS) is 18.4. The number of alkyl halides is 3. The summed E-state index contributed by atoms with van der Waals surface area (Å²) in [6.07, 6.45) is -2.00. The summed E-state index contributed by atoms with van der Waals surface area (Å²) in [7, 11) is 1.45. The number of hydrogen-bond acceptors (Lipinski definition) is 6. The van der Waals surface area contributed by atoms with Gasteiger partial charge in [0.1, 0.15) is 5.69 Å². The number of amides is 1. The molecule has 3 heterocycles. The van der Waals surface area contributed by atoms with Gasteiger partial charge in [-0.15, -0.1) is 0 Å². The fourth-order valence-corrected chi connectivity index (χ4v) is 5.42. The number of aromatic nitrogens is 3. The third-order valence-corrected chi connectivity index (χ3v) is 7.50. The second kappa shape index (κ2) is 9.62. The van der Waals surface area contributed by atoms with Gasteiger partial charge in [-0.2, -0.15) is 18.3 Å². The van der Waals surface area contributed by atoms with Crippen molar-refractivity contribution in [3.63, 3.8) is 0 Å². The van der Waals surface area contributed by atoms with Gasteiger partial charge in [0.2, 0.25) is 0 Å². The molecular weight excluding hydrogens is 517 g/mol. The Labute approximate surface area is 221 Å². The van der Waals surface area contributed by atoms with Crippen molar-refractivity contribution in [2.75, 3.05) is 23.3 Å². The minimum Gasteiger partial charge on any atom is -0.465 e. The first kappa shape index (κ1) is 26.6. The summed E-state index contributed by atoms with van der Waals surface area (Å²) in [4.78, 5) is 40.0. The highest BCUT2D eigenvalue weighted by molar-refractivity contribution is 5.99. The van der Waals surface area contributed by atoms with Gasteiger partial charge in [-0.1, -0.05) is 12.1 Å². The van der Waals surface area contributed by atoms with Gasteiger partial charge in [0.15, 0.2) is 5.82 Å². The molecule has 1 amide bonds. The van der Waals surface area contributed by atoms with E-state index in [1.54, 1.807) is 28.7 Å². The van der Waals surface area contributed by atoms with Gasteiger partial charge in [-0.05, 0) is 50.3 Å². The van der Waals surface area contributed by atoms with Crippen molar-refractivity contribution >= 4 is 28.4 Å². The Morgan fingerprint density at radius 3 is 2.54 bits per heavy atom. The van der Waals surface area contributed by atoms with Gasteiger partial charge < -0.3 is 25.2 Å². The molecule has 1 saturated heterocycles. The lowest BCUT2D eigenvalue weighted by molar-refractivity contribution is -0.138. The third-order valence-electron chi connectivity index (χ3n) is 7.50. The van der Waals surface area contributed by atoms with Gasteiger partial charge in [0.05, 0.1) is 28.4 Å². The van der Waals surface area contributed by atoms with Crippen molar-refractivity contribution in [1.82, 2.24) is 19.7 Å². The maximum atomic E-state index is 13.7. The minimum atomic E-state index is -4.50. The summed E-state index contributed by atoms with van der Waals surface area (Å²) in [5.74, 6) is 0.256. The van der Waals surface area contributed by atoms with E-state index in [1.807, 2.05) is 0 Å². The highest BCUT2D eigenvalue weighted by Crippen LogP contribution is 2.38. The zero-order valence-corrected chi connectivity index (χ0v) is 21.7. The number of nitrogens with zero attached hydrogens (tertiary/aromatic N) is 4. The molecule has 2 aliphatic rings. The quantitative estimate of drug-likeness (QED) is 0.430. The molecule has 2 atom stereocenters. The van der Waals surface area contributed by atoms with E-state index in [9.17, 15) is 27.6 Å². The second-order valence-electron chi connectivity index (χ2n) is 10.3. The molecule has 208 valence electrons. The average Bonchev–Trinajstić information content (AvgIpc) is 3.59. The van der Waals surface area contributed by atoms with Crippen LogP contribution in [0.15, 0.2) is 34.0 Å². The molecule has 2 fully saturated rings. The van der Waals surface area contributed by atoms with Crippen LogP contribution < -0.4 is 26.7 Å². The molecule has 1 aliphatic heterocycles. The zero-order chi connectivity index (χ0) is 28.2. The summed E-state index contributed by atoms with van der Waals surface area (Å²) in [5.41, 5.74) is -0.867. The zero-order valence-electron chi connectivity index (χ0n) is 21.7. The Morgan fingerprint density at radius 1 is 1.18 bits per heavy atom. The molecule has 39 heavy (non-hydrogen) atoms. The second-order valence-corrected chi connectivity index (χ2v) is 10.3. The van der Waals surface area contributed by atoms with Gasteiger partial charge in [-0.3, -0.25) is 9.59 Å². The highest BCUT2D eigenvalue weighted by Gasteiger charge is 2.35. The van der Waals surface area contributed by atoms with Crippen molar-refractivity contribution in [1.29, 1.82) is 0 Å². The Bertz CT molecular complexity index is 1580. The van der Waals surface area contributed by atoms with E-state index in [0.29, 0.717) is 23.9 Å². The summed E-state index contributed by atoms with van der Waals surface area (Å²) in [6.45, 7) is 3.72. The molecule has 2 aromatic heterocycles. The number of fused-ring (bicyclic) bond motifs is 1. The SMILES string of the molecule is Cc1c(C(C)Nc2nn(C)c(=O)c3c(N4CC[C@@H](NC(=O)O)C4)c(=O)n(C4CC4)cc23)cccc1C(F)(F)F. The number of halogens is 3. The summed E-state index contributed by atoms with van der Waals surface area (Å²) in [6, 6.07) is 2.95. The Kier molecular flexibility index (Phi) is 6.55. The molecule has 1 aromatic carbocycles. The Hall–Kier alpha value is -4.03. The van der Waals surface area contributed by atoms with Gasteiger partial charge in [-0.25, -0.2) is 9.48 Å². The molecule has 0 bridgehead atoms. The molecule has 0 spiro atoms. The number of carboxylic acid groups (broad SMARTS) is 1. The van der Waals surface area contributed by atoms with Crippen molar-refractivity contribution in [3.8, 4) is 0 Å². The number of pyridine rings is 1. The maximum absolute atomic E-state index is 13.7. The number of hydrogen-bond donors (Lipinski definition) is 3. The molecule has 3 aromatic rings. The van der Waals surface area contributed by atoms with E-state index in [1.165, 1.54) is 20.0 Å². The van der Waals surface area contributed by atoms with Gasteiger partial charge >= 0.3 is 12.3 Å². The smallest absolute Gasteiger partial charge is 0.416 e. The van der Waals surface area contributed by atoms with E-state index in [0.717, 1.165) is 23.6 Å². The van der Waals surface area contributed by atoms with Crippen molar-refractivity contribution in [2.45, 2.75) is 57.4 Å². The van der Waals surface area contributed by atoms with Crippen LogP contribution >= 0.6 is 0 Å². The van der Waals surface area contributed by atoms with E-state index in [-0.39, 0.29) is 40.6 Å². The van der Waals surface area contributed by atoms with Crippen LogP contribution in [0.5, 0.6) is 0 Å². The number of benzene rings is 1. The van der Waals surface area contributed by atoms with E-state index in [4.69, 9.17) is 5.11 Å². The van der Waals surface area contributed by atoms with Crippen LogP contribution in [0.25, 0.3) is 10.8 Å². The van der Waals surface area contributed by atoms with Crippen molar-refractivity contribution in [2.24, 2.45) is 7.05 Å². The van der Waals surface area contributed by atoms with E-state index in [2.05, 4.69) is 15.7 Å². The van der Waals surface area contributed by atoms with Crippen LogP contribution in [0.3, 0.4) is 0 Å². The highest BCUT2D eigenvalue weighted by atomic mass is 19.4. The summed E-state index contributed by atoms with van der Waals surface area (Å²) in [5, 5.41) is 19.7. The lowest BCUT2D eigenvalue weighted by atomic mass is 9.97. The maximum Gasteiger partial charge on any atom is 0.416 e. The molecule has 5 rings (SSSR count). The third kappa shape index (κ3) is 4.92. The van der Waals surface area contributed by atoms with Crippen LogP contribution in [-0.4, -0.2) is 44.7 Å². The van der Waals surface area contributed by atoms with Crippen LogP contribution in [0.1, 0.15) is 55.0 Å². The molecule has 10 nitrogen and oxygen atoms in total. The van der Waals surface area contributed by atoms with Gasteiger partial charge in [0.25, 0.3) is 11.1 Å². The standard InChI is InChI=1S/C26H29F3N6O4/c1-13-17(5-4-6-19(13)26(27,28)29)14(2)30-22-18-12-35(16-7-8-16)24(37)21(20(18)23(36)33(3)32-22)34-10-9-15(11-34)31-25(38)39/h4-6,12,14-16,31H,7-11H2,1-3H3,(H,30,32)(H,38,39)/t14?,15-/m1/s1. The number of aryl methyl sites for hydroxylation is 1. The topological polar surface area (TPSA) is 121 Å². The first-order valence-electron chi connectivity index (χ1n) is 12.7. The molecule has 0 radical (unpaired) electrons. The van der Waals surface area contributed by atoms with Crippen LogP contribution in [0.4, 0.5) is 29.5 Å². The van der Waals surface area contributed by atoms with Crippen LogP contribution in [0, 0.1) is 6.92 Å². The van der Waals surface area contributed by atoms with E-state index >= 15 is 0 Å². The number of nitrogens with one attached hydrogen (secondary N) is 2. The van der Waals surface area contributed by atoms with E-state index < -0.39 is 35.5 Å². The minimum absolute atomic E-state index is 0.0313. The Morgan fingerprint density at radius 2 is 1.90 bits per heavy atom. The van der Waals surface area contributed by atoms with Crippen molar-refractivity contribution in [3.05, 3.63) is 61.8 Å². The average molecular weight is 547 g/mol. The predicted molar refractivity (Wildman–Crippen MR) is 140 cm³/mol. The lowest BCUT2D eigenvalue weighted by Gasteiger charge is -2.24. The predicted octanol–water partition coefficient (Wildman–Crippen LogP) is 3.78. The molecule has 13 heteroatoms. The monoisotopic (exact) mass is 546 g/mol. The van der Waals surface area contributed by atoms with Crippen LogP contribution in [0.2, 0.25) is 0 Å². The lowest BCUT2D eigenvalue weighted by Crippen LogP contribution is -2.38. The molecular formula is C26H29F3N6O4. The molecule has 1 aliphatic carbocycles. The first-order valence-corrected chi connectivity index (χ1v) is 12.7. The van der Waals surface area contributed by atoms with Crippen LogP contribution in [-0.2, 0) is 13.2 Å². The fraction of sp³-hybridized carbons (Fsp3) is 0.462. The number of anilines is 2. The summed E-state index contributed by atoms with van der Waals surface area (Å²) >= 11 is 0. The van der Waals surface area contributed by atoms with Crippen molar-refractivity contribution < 1.29 is 23.1 Å². The molecule has 3 N–H and O–H groups in total. The Balaban J connectivity index is 1.64. The van der Waals surface area contributed by atoms with Gasteiger partial charge in [0, 0.05) is 32.4 Å². The largest absolute Gasteiger partial charge is 0.465 e. The first-order chi connectivity index (χ1) is 18.4. The molecule has 1 unspecified atom stereocenters. The fourth-order valence-electron chi connectivity index (χ4n) is 5.42. The summed E-state index contributed by atoms with van der Waals surface area (Å²) < 4.78 is 43.3. The number of carbonyl (C=O) groups is 1. The molecule has 1 saturated carbocycles. The number of rotatable bonds is 6.